The van der Waals surface area contributed by atoms with Crippen molar-refractivity contribution in [2.75, 3.05) is 10.0 Å². The van der Waals surface area contributed by atoms with Gasteiger partial charge in [0.15, 0.2) is 4.90 Å². The van der Waals surface area contributed by atoms with Gasteiger partial charge in [0.25, 0.3) is 0 Å². The second kappa shape index (κ2) is 8.56. The third-order valence-corrected chi connectivity index (χ3v) is 4.80. The SMILES string of the molecule is Cc1nc(N[S+]([O-])c2ccc(NC(=O)NCc3ccncc3)cc2)oc1C. The van der Waals surface area contributed by atoms with Crippen molar-refractivity contribution in [1.29, 1.82) is 0 Å². The molecule has 8 nitrogen and oxygen atoms in total. The lowest BCUT2D eigenvalue weighted by Gasteiger charge is -2.10. The number of aromatic nitrogens is 2. The average molecular weight is 385 g/mol. The molecule has 27 heavy (non-hydrogen) atoms. The number of amides is 2. The highest BCUT2D eigenvalue weighted by Gasteiger charge is 2.16. The molecule has 0 aliphatic carbocycles. The van der Waals surface area contributed by atoms with Gasteiger partial charge < -0.3 is 19.6 Å². The summed E-state index contributed by atoms with van der Waals surface area (Å²) < 4.78 is 20.4. The number of hydrogen-bond donors (Lipinski definition) is 3. The Kier molecular flexibility index (Phi) is 5.94. The van der Waals surface area contributed by atoms with Gasteiger partial charge in [-0.05, 0) is 55.8 Å². The fourth-order valence-corrected chi connectivity index (χ4v) is 2.92. The maximum atomic E-state index is 12.3. The van der Waals surface area contributed by atoms with Crippen LogP contribution in [0.25, 0.3) is 0 Å². The summed E-state index contributed by atoms with van der Waals surface area (Å²) in [6, 6.07) is 10.2. The Labute approximate surface area is 159 Å². The van der Waals surface area contributed by atoms with Crippen molar-refractivity contribution in [2.45, 2.75) is 25.3 Å². The van der Waals surface area contributed by atoms with E-state index in [4.69, 9.17) is 4.42 Å². The van der Waals surface area contributed by atoms with Gasteiger partial charge in [-0.25, -0.2) is 4.79 Å². The molecule has 0 bridgehead atoms. The molecule has 3 aromatic rings. The molecule has 0 fully saturated rings. The highest BCUT2D eigenvalue weighted by molar-refractivity contribution is 7.92. The van der Waals surface area contributed by atoms with Crippen LogP contribution >= 0.6 is 0 Å². The number of hydrogen-bond acceptors (Lipinski definition) is 6. The molecule has 0 radical (unpaired) electrons. The van der Waals surface area contributed by atoms with Gasteiger partial charge >= 0.3 is 12.0 Å². The van der Waals surface area contributed by atoms with E-state index in [1.54, 1.807) is 43.6 Å². The second-order valence-electron chi connectivity index (χ2n) is 5.72. The number of oxazole rings is 1. The number of anilines is 2. The van der Waals surface area contributed by atoms with Crippen LogP contribution < -0.4 is 15.4 Å². The summed E-state index contributed by atoms with van der Waals surface area (Å²) in [5.74, 6) is 0.673. The van der Waals surface area contributed by atoms with Gasteiger partial charge in [0.05, 0.1) is 5.69 Å². The van der Waals surface area contributed by atoms with Crippen molar-refractivity contribution in [3.8, 4) is 0 Å². The zero-order valence-corrected chi connectivity index (χ0v) is 15.7. The van der Waals surface area contributed by atoms with Crippen LogP contribution in [0.5, 0.6) is 0 Å². The lowest BCUT2D eigenvalue weighted by Crippen LogP contribution is -2.28. The maximum absolute atomic E-state index is 12.3. The van der Waals surface area contributed by atoms with E-state index in [0.717, 1.165) is 11.3 Å². The van der Waals surface area contributed by atoms with Gasteiger partial charge in [-0.2, -0.15) is 9.71 Å². The first kappa shape index (κ1) is 18.7. The lowest BCUT2D eigenvalue weighted by atomic mass is 10.3. The molecule has 140 valence electrons. The Morgan fingerprint density at radius 2 is 1.85 bits per heavy atom. The third-order valence-electron chi connectivity index (χ3n) is 3.74. The molecule has 9 heteroatoms. The highest BCUT2D eigenvalue weighted by Crippen LogP contribution is 2.19. The zero-order valence-electron chi connectivity index (χ0n) is 14.9. The van der Waals surface area contributed by atoms with Crippen molar-refractivity contribution in [3.05, 3.63) is 65.8 Å². The number of urea groups is 1. The molecule has 0 aliphatic rings. The second-order valence-corrected chi connectivity index (χ2v) is 6.93. The van der Waals surface area contributed by atoms with E-state index in [-0.39, 0.29) is 12.0 Å². The number of nitrogens with zero attached hydrogens (tertiary/aromatic N) is 2. The molecule has 0 spiro atoms. The van der Waals surface area contributed by atoms with Crippen molar-refractivity contribution in [3.63, 3.8) is 0 Å². The van der Waals surface area contributed by atoms with Crippen LogP contribution in [0.1, 0.15) is 17.0 Å². The van der Waals surface area contributed by atoms with E-state index < -0.39 is 11.4 Å². The molecule has 1 unspecified atom stereocenters. The summed E-state index contributed by atoms with van der Waals surface area (Å²) in [5.41, 5.74) is 2.28. The molecule has 3 N–H and O–H groups in total. The van der Waals surface area contributed by atoms with Crippen molar-refractivity contribution < 1.29 is 13.8 Å². The first-order chi connectivity index (χ1) is 13.0. The van der Waals surface area contributed by atoms with Crippen LogP contribution in [0, 0.1) is 13.8 Å². The Morgan fingerprint density at radius 1 is 1.15 bits per heavy atom. The Morgan fingerprint density at radius 3 is 2.48 bits per heavy atom. The highest BCUT2D eigenvalue weighted by atomic mass is 32.2. The van der Waals surface area contributed by atoms with Crippen LogP contribution in [0.3, 0.4) is 0 Å². The fraction of sp³-hybridized carbons (Fsp3) is 0.167. The van der Waals surface area contributed by atoms with E-state index in [1.165, 1.54) is 0 Å². The number of aryl methyl sites for hydroxylation is 2. The quantitative estimate of drug-likeness (QED) is 0.562. The Balaban J connectivity index is 1.52. The van der Waals surface area contributed by atoms with E-state index >= 15 is 0 Å². The van der Waals surface area contributed by atoms with Crippen molar-refractivity contribution in [1.82, 2.24) is 15.3 Å². The van der Waals surface area contributed by atoms with Crippen LogP contribution in [0.15, 0.2) is 58.1 Å². The first-order valence-electron chi connectivity index (χ1n) is 8.17. The number of nitrogens with one attached hydrogen (secondary N) is 3. The zero-order chi connectivity index (χ0) is 19.2. The van der Waals surface area contributed by atoms with Crippen LogP contribution in [-0.2, 0) is 17.9 Å². The molecule has 3 rings (SSSR count). The van der Waals surface area contributed by atoms with E-state index in [9.17, 15) is 9.35 Å². The Hall–Kier alpha value is -3.04. The van der Waals surface area contributed by atoms with Crippen LogP contribution in [0.2, 0.25) is 0 Å². The van der Waals surface area contributed by atoms with Gasteiger partial charge in [0, 0.05) is 24.6 Å². The summed E-state index contributed by atoms with van der Waals surface area (Å²) in [4.78, 5) is 20.5. The number of rotatable bonds is 6. The van der Waals surface area contributed by atoms with Gasteiger partial charge in [-0.3, -0.25) is 4.98 Å². The van der Waals surface area contributed by atoms with Crippen molar-refractivity contribution in [2.24, 2.45) is 0 Å². The molecular formula is C18H19N5O3S. The first-order valence-corrected chi connectivity index (χ1v) is 9.32. The largest absolute Gasteiger partial charge is 0.588 e. The monoisotopic (exact) mass is 385 g/mol. The Bertz CT molecular complexity index is 880. The number of carbonyl (C=O) groups excluding carboxylic acids is 1. The number of benzene rings is 1. The summed E-state index contributed by atoms with van der Waals surface area (Å²) >= 11 is -1.52. The predicted octanol–water partition coefficient (Wildman–Crippen LogP) is 3.14. The van der Waals surface area contributed by atoms with Crippen molar-refractivity contribution >= 4 is 29.1 Å². The average Bonchev–Trinajstić information content (AvgIpc) is 2.98. The van der Waals surface area contributed by atoms with Crippen LogP contribution in [0.4, 0.5) is 16.5 Å². The van der Waals surface area contributed by atoms with E-state index in [0.29, 0.717) is 22.9 Å². The normalized spacial score (nSPS) is 11.7. The minimum absolute atomic E-state index is 0.209. The molecule has 2 amide bonds. The summed E-state index contributed by atoms with van der Waals surface area (Å²) in [6.45, 7) is 4.00. The molecule has 2 aromatic heterocycles. The topological polar surface area (TPSA) is 115 Å². The summed E-state index contributed by atoms with van der Waals surface area (Å²) in [6.07, 6.45) is 3.34. The molecule has 1 atom stereocenters. The minimum Gasteiger partial charge on any atom is -0.588 e. The van der Waals surface area contributed by atoms with Gasteiger partial charge in [-0.15, -0.1) is 0 Å². The molecule has 0 aliphatic heterocycles. The fourth-order valence-electron chi connectivity index (χ4n) is 2.17. The number of pyridine rings is 1. The molecule has 0 saturated heterocycles. The standard InChI is InChI=1S/C18H19N5O3S/c1-12-13(2)26-18(21-12)23-27(25)16-5-3-15(4-6-16)22-17(24)20-11-14-7-9-19-10-8-14/h3-10H,11H2,1-2H3,(H,21,23)(H2,20,22,24). The lowest BCUT2D eigenvalue weighted by molar-refractivity contribution is 0.251. The predicted molar refractivity (Wildman–Crippen MR) is 103 cm³/mol. The van der Waals surface area contributed by atoms with E-state index in [1.807, 2.05) is 19.1 Å². The summed E-state index contributed by atoms with van der Waals surface area (Å²) in [5, 5.41) is 5.48. The van der Waals surface area contributed by atoms with Crippen LogP contribution in [-0.4, -0.2) is 20.6 Å². The molecule has 2 heterocycles. The third kappa shape index (κ3) is 5.22. The molecule has 0 saturated carbocycles. The van der Waals surface area contributed by atoms with E-state index in [2.05, 4.69) is 25.3 Å². The molecular weight excluding hydrogens is 366 g/mol. The van der Waals surface area contributed by atoms with Gasteiger partial charge in [-0.1, -0.05) is 0 Å². The maximum Gasteiger partial charge on any atom is 0.338 e. The minimum atomic E-state index is -1.52. The van der Waals surface area contributed by atoms with Gasteiger partial charge in [0.1, 0.15) is 17.1 Å². The molecule has 1 aromatic carbocycles. The van der Waals surface area contributed by atoms with Gasteiger partial charge in [0.2, 0.25) is 0 Å². The summed E-state index contributed by atoms with van der Waals surface area (Å²) in [7, 11) is 0. The smallest absolute Gasteiger partial charge is 0.338 e. The number of carbonyl (C=O) groups is 1.